The third-order valence-corrected chi connectivity index (χ3v) is 6.88. The van der Waals surface area contributed by atoms with Crippen molar-refractivity contribution in [2.75, 3.05) is 6.61 Å². The molecule has 27 heavy (non-hydrogen) atoms. The number of ether oxygens (including phenoxy) is 1. The highest BCUT2D eigenvalue weighted by Gasteiger charge is 2.53. The summed E-state index contributed by atoms with van der Waals surface area (Å²) in [6, 6.07) is 3.13. The number of benzene rings is 1. The Morgan fingerprint density at radius 3 is 2.15 bits per heavy atom. The molecule has 0 aromatic heterocycles. The molecule has 1 aromatic carbocycles. The zero-order chi connectivity index (χ0) is 19.2. The van der Waals surface area contributed by atoms with Crippen LogP contribution in [0.3, 0.4) is 0 Å². The van der Waals surface area contributed by atoms with Gasteiger partial charge in [-0.15, -0.1) is 0 Å². The van der Waals surface area contributed by atoms with E-state index in [-0.39, 0.29) is 11.5 Å². The molecule has 4 nitrogen and oxygen atoms in total. The van der Waals surface area contributed by atoms with Crippen LogP contribution in [0.2, 0.25) is 0 Å². The molecule has 0 unspecified atom stereocenters. The molecule has 4 saturated carbocycles. The number of rotatable bonds is 5. The van der Waals surface area contributed by atoms with Gasteiger partial charge in [-0.05, 0) is 80.8 Å². The Bertz CT molecular complexity index is 708. The van der Waals surface area contributed by atoms with Gasteiger partial charge in [0.05, 0.1) is 0 Å². The second-order valence-electron chi connectivity index (χ2n) is 8.74. The summed E-state index contributed by atoms with van der Waals surface area (Å²) in [7, 11) is 0. The monoisotopic (exact) mass is 377 g/mol. The van der Waals surface area contributed by atoms with Crippen LogP contribution in [-0.2, 0) is 9.53 Å². The second-order valence-corrected chi connectivity index (χ2v) is 8.74. The summed E-state index contributed by atoms with van der Waals surface area (Å²) >= 11 is 0. The van der Waals surface area contributed by atoms with Crippen molar-refractivity contribution in [2.24, 2.45) is 23.2 Å². The van der Waals surface area contributed by atoms with Gasteiger partial charge in [0, 0.05) is 6.04 Å². The molecule has 5 rings (SSSR count). The maximum absolute atomic E-state index is 13.6. The number of nitrogens with one attached hydrogen (secondary N) is 1. The zero-order valence-electron chi connectivity index (χ0n) is 15.5. The lowest BCUT2D eigenvalue weighted by molar-refractivity contribution is -0.128. The van der Waals surface area contributed by atoms with Gasteiger partial charge in [0.2, 0.25) is 0 Å². The van der Waals surface area contributed by atoms with Crippen LogP contribution >= 0.6 is 0 Å². The van der Waals surface area contributed by atoms with Gasteiger partial charge < -0.3 is 10.1 Å². The molecule has 4 aliphatic rings. The highest BCUT2D eigenvalue weighted by atomic mass is 19.1. The molecule has 0 aliphatic heterocycles. The molecule has 146 valence electrons. The predicted molar refractivity (Wildman–Crippen MR) is 94.9 cm³/mol. The van der Waals surface area contributed by atoms with Crippen LogP contribution < -0.4 is 5.32 Å². The van der Waals surface area contributed by atoms with E-state index in [1.807, 2.05) is 6.92 Å². The van der Waals surface area contributed by atoms with E-state index < -0.39 is 35.7 Å². The Balaban J connectivity index is 1.34. The molecule has 0 saturated heterocycles. The molecule has 6 heteroatoms. The van der Waals surface area contributed by atoms with Crippen molar-refractivity contribution in [1.29, 1.82) is 0 Å². The van der Waals surface area contributed by atoms with E-state index >= 15 is 0 Å². The van der Waals surface area contributed by atoms with E-state index in [2.05, 4.69) is 5.32 Å². The third-order valence-electron chi connectivity index (χ3n) is 6.88. The summed E-state index contributed by atoms with van der Waals surface area (Å²) in [5.41, 5.74) is -0.620. The number of hydrogen-bond donors (Lipinski definition) is 1. The first-order valence-electron chi connectivity index (χ1n) is 9.77. The SMILES string of the molecule is C[C@H](NC(=O)COC(=O)c1c(F)cccc1F)C12CC3CC(CC(C3)C1)C2. The largest absolute Gasteiger partial charge is 0.452 e. The molecule has 4 fully saturated rings. The minimum absolute atomic E-state index is 0.00213. The van der Waals surface area contributed by atoms with Crippen LogP contribution in [0, 0.1) is 34.8 Å². The summed E-state index contributed by atoms with van der Waals surface area (Å²) in [6.45, 7) is 1.49. The maximum Gasteiger partial charge on any atom is 0.344 e. The van der Waals surface area contributed by atoms with Gasteiger partial charge >= 0.3 is 5.97 Å². The van der Waals surface area contributed by atoms with E-state index in [0.717, 1.165) is 49.1 Å². The maximum atomic E-state index is 13.6. The van der Waals surface area contributed by atoms with Crippen molar-refractivity contribution >= 4 is 11.9 Å². The number of carbonyl (C=O) groups is 2. The summed E-state index contributed by atoms with van der Waals surface area (Å²) < 4.78 is 32.1. The van der Waals surface area contributed by atoms with Gasteiger partial charge in [-0.25, -0.2) is 13.6 Å². The molecule has 1 amide bonds. The van der Waals surface area contributed by atoms with Crippen LogP contribution in [0.15, 0.2) is 18.2 Å². The van der Waals surface area contributed by atoms with Crippen molar-refractivity contribution in [3.05, 3.63) is 35.4 Å². The number of esters is 1. The van der Waals surface area contributed by atoms with E-state index in [0.29, 0.717) is 0 Å². The normalized spacial score (nSPS) is 32.2. The van der Waals surface area contributed by atoms with Crippen molar-refractivity contribution in [2.45, 2.75) is 51.5 Å². The Morgan fingerprint density at radius 1 is 1.11 bits per heavy atom. The van der Waals surface area contributed by atoms with Gasteiger partial charge in [-0.1, -0.05) is 6.07 Å². The fourth-order valence-corrected chi connectivity index (χ4v) is 6.04. The molecule has 0 heterocycles. The molecule has 4 aliphatic carbocycles. The number of hydrogen-bond acceptors (Lipinski definition) is 3. The Kier molecular flexibility index (Phi) is 4.68. The predicted octanol–water partition coefficient (Wildman–Crippen LogP) is 3.84. The minimum atomic E-state index is -1.16. The van der Waals surface area contributed by atoms with Crippen LogP contribution in [-0.4, -0.2) is 24.5 Å². The van der Waals surface area contributed by atoms with Gasteiger partial charge in [0.15, 0.2) is 6.61 Å². The second kappa shape index (κ2) is 6.88. The number of carbonyl (C=O) groups excluding carboxylic acids is 2. The zero-order valence-corrected chi connectivity index (χ0v) is 15.5. The van der Waals surface area contributed by atoms with Crippen molar-refractivity contribution < 1.29 is 23.1 Å². The lowest BCUT2D eigenvalue weighted by Gasteiger charge is -2.59. The van der Waals surface area contributed by atoms with E-state index in [1.54, 1.807) is 0 Å². The van der Waals surface area contributed by atoms with Gasteiger partial charge in [0.1, 0.15) is 17.2 Å². The number of amides is 1. The van der Waals surface area contributed by atoms with E-state index in [9.17, 15) is 18.4 Å². The van der Waals surface area contributed by atoms with E-state index in [1.165, 1.54) is 25.3 Å². The van der Waals surface area contributed by atoms with Gasteiger partial charge in [0.25, 0.3) is 5.91 Å². The third kappa shape index (κ3) is 3.46. The summed E-state index contributed by atoms with van der Waals surface area (Å²) in [5.74, 6) is -1.26. The van der Waals surface area contributed by atoms with Crippen LogP contribution in [0.1, 0.15) is 55.8 Å². The molecular weight excluding hydrogens is 352 g/mol. The average molecular weight is 377 g/mol. The fourth-order valence-electron chi connectivity index (χ4n) is 6.04. The topological polar surface area (TPSA) is 55.4 Å². The Labute approximate surface area is 157 Å². The molecule has 1 N–H and O–H groups in total. The van der Waals surface area contributed by atoms with E-state index in [4.69, 9.17) is 4.74 Å². The molecule has 1 aromatic rings. The lowest BCUT2D eigenvalue weighted by atomic mass is 9.48. The average Bonchev–Trinajstić information content (AvgIpc) is 2.58. The van der Waals surface area contributed by atoms with Gasteiger partial charge in [-0.2, -0.15) is 0 Å². The molecule has 1 atom stereocenters. The quantitative estimate of drug-likeness (QED) is 0.793. The first-order chi connectivity index (χ1) is 12.9. The van der Waals surface area contributed by atoms with Crippen molar-refractivity contribution in [1.82, 2.24) is 5.32 Å². The van der Waals surface area contributed by atoms with Crippen LogP contribution in [0.4, 0.5) is 8.78 Å². The fraction of sp³-hybridized carbons (Fsp3) is 0.619. The van der Waals surface area contributed by atoms with Crippen molar-refractivity contribution in [3.8, 4) is 0 Å². The first-order valence-corrected chi connectivity index (χ1v) is 9.77. The summed E-state index contributed by atoms with van der Waals surface area (Å²) in [6.07, 6.45) is 7.44. The molecular formula is C21H25F2NO3. The molecule has 4 bridgehead atoms. The highest BCUT2D eigenvalue weighted by molar-refractivity contribution is 5.91. The summed E-state index contributed by atoms with van der Waals surface area (Å²) in [4.78, 5) is 24.2. The standard InChI is InChI=1S/C21H25F2NO3/c1-12(21-8-13-5-14(9-21)7-15(6-13)10-21)24-18(25)11-27-20(26)19-16(22)3-2-4-17(19)23/h2-4,12-15H,5-11H2,1H3,(H,24,25)/t12-,13?,14?,15?,21?/m0/s1. The first kappa shape index (κ1) is 18.4. The molecule has 0 spiro atoms. The van der Waals surface area contributed by atoms with Gasteiger partial charge in [-0.3, -0.25) is 4.79 Å². The lowest BCUT2D eigenvalue weighted by Crippen LogP contribution is -2.56. The Hall–Kier alpha value is -1.98. The smallest absolute Gasteiger partial charge is 0.344 e. The summed E-state index contributed by atoms with van der Waals surface area (Å²) in [5, 5.41) is 2.97. The molecule has 0 radical (unpaired) electrons. The number of halogens is 2. The van der Waals surface area contributed by atoms with Crippen LogP contribution in [0.25, 0.3) is 0 Å². The minimum Gasteiger partial charge on any atom is -0.452 e. The Morgan fingerprint density at radius 2 is 1.63 bits per heavy atom. The van der Waals surface area contributed by atoms with Crippen molar-refractivity contribution in [3.63, 3.8) is 0 Å². The van der Waals surface area contributed by atoms with Crippen LogP contribution in [0.5, 0.6) is 0 Å². The highest BCUT2D eigenvalue weighted by Crippen LogP contribution is 2.61.